The van der Waals surface area contributed by atoms with Crippen LogP contribution >= 0.6 is 11.3 Å². The molecule has 2 amide bonds. The molecule has 0 fully saturated rings. The first-order chi connectivity index (χ1) is 9.44. The van der Waals surface area contributed by atoms with Crippen LogP contribution in [0.5, 0.6) is 0 Å². The van der Waals surface area contributed by atoms with Gasteiger partial charge in [0.15, 0.2) is 5.13 Å². The first-order valence-corrected chi connectivity index (χ1v) is 6.95. The highest BCUT2D eigenvalue weighted by atomic mass is 32.1. The molecule has 0 saturated heterocycles. The van der Waals surface area contributed by atoms with Gasteiger partial charge < -0.3 is 5.32 Å². The van der Waals surface area contributed by atoms with E-state index in [2.05, 4.69) is 15.6 Å². The molecular formula is C14H15N3O2S. The Hall–Kier alpha value is -2.21. The number of aryl methyl sites for hydroxylation is 3. The number of nitrogens with zero attached hydrogens (tertiary/aromatic N) is 1. The number of anilines is 2. The second kappa shape index (κ2) is 5.83. The lowest BCUT2D eigenvalue weighted by molar-refractivity contribution is -0.133. The van der Waals surface area contributed by atoms with Crippen molar-refractivity contribution in [3.63, 3.8) is 0 Å². The van der Waals surface area contributed by atoms with Gasteiger partial charge in [0.1, 0.15) is 0 Å². The summed E-state index contributed by atoms with van der Waals surface area (Å²) in [6, 6.07) is 5.62. The first kappa shape index (κ1) is 14.2. The maximum Gasteiger partial charge on any atom is 0.315 e. The van der Waals surface area contributed by atoms with Gasteiger partial charge in [-0.3, -0.25) is 14.9 Å². The molecule has 0 spiro atoms. The summed E-state index contributed by atoms with van der Waals surface area (Å²) in [6.07, 6.45) is 0. The van der Waals surface area contributed by atoms with Crippen molar-refractivity contribution in [2.45, 2.75) is 20.8 Å². The third kappa shape index (κ3) is 3.64. The van der Waals surface area contributed by atoms with Crippen molar-refractivity contribution in [2.75, 3.05) is 10.6 Å². The fourth-order valence-electron chi connectivity index (χ4n) is 1.80. The van der Waals surface area contributed by atoms with Gasteiger partial charge in [-0.2, -0.15) is 0 Å². The van der Waals surface area contributed by atoms with Gasteiger partial charge in [0, 0.05) is 11.1 Å². The van der Waals surface area contributed by atoms with Crippen LogP contribution in [0.4, 0.5) is 10.8 Å². The first-order valence-electron chi connectivity index (χ1n) is 6.07. The number of nitrogens with one attached hydrogen (secondary N) is 2. The van der Waals surface area contributed by atoms with E-state index in [-0.39, 0.29) is 0 Å². The Balaban J connectivity index is 2.02. The van der Waals surface area contributed by atoms with Crippen LogP contribution in [-0.4, -0.2) is 16.8 Å². The summed E-state index contributed by atoms with van der Waals surface area (Å²) in [5.41, 5.74) is 3.46. The Bertz CT molecular complexity index is 644. The van der Waals surface area contributed by atoms with E-state index >= 15 is 0 Å². The lowest BCUT2D eigenvalue weighted by Crippen LogP contribution is -2.29. The van der Waals surface area contributed by atoms with Gasteiger partial charge in [0.25, 0.3) is 0 Å². The molecule has 0 aliphatic carbocycles. The predicted molar refractivity (Wildman–Crippen MR) is 80.0 cm³/mol. The topological polar surface area (TPSA) is 71.1 Å². The van der Waals surface area contributed by atoms with Gasteiger partial charge in [0.05, 0.1) is 5.69 Å². The highest BCUT2D eigenvalue weighted by molar-refractivity contribution is 7.14. The molecule has 2 aromatic rings. The van der Waals surface area contributed by atoms with Crippen molar-refractivity contribution in [3.8, 4) is 0 Å². The fraction of sp³-hybridized carbons (Fsp3) is 0.214. The number of hydrogen-bond donors (Lipinski definition) is 2. The molecule has 0 saturated carbocycles. The van der Waals surface area contributed by atoms with E-state index in [1.54, 1.807) is 5.38 Å². The number of carbonyl (C=O) groups excluding carboxylic acids is 2. The average molecular weight is 289 g/mol. The molecule has 0 aliphatic rings. The number of hydrogen-bond acceptors (Lipinski definition) is 4. The minimum absolute atomic E-state index is 0.420. The van der Waals surface area contributed by atoms with Crippen molar-refractivity contribution in [3.05, 3.63) is 40.4 Å². The highest BCUT2D eigenvalue weighted by Crippen LogP contribution is 2.15. The van der Waals surface area contributed by atoms with E-state index in [0.29, 0.717) is 10.8 Å². The summed E-state index contributed by atoms with van der Waals surface area (Å²) in [5.74, 6) is -1.43. The largest absolute Gasteiger partial charge is 0.318 e. The molecule has 104 valence electrons. The molecule has 20 heavy (non-hydrogen) atoms. The van der Waals surface area contributed by atoms with Crippen LogP contribution in [-0.2, 0) is 9.59 Å². The molecule has 0 unspecified atom stereocenters. The number of aromatic nitrogens is 1. The van der Waals surface area contributed by atoms with Crippen LogP contribution in [0.15, 0.2) is 23.6 Å². The molecule has 6 heteroatoms. The van der Waals surface area contributed by atoms with E-state index in [9.17, 15) is 9.59 Å². The summed E-state index contributed by atoms with van der Waals surface area (Å²) >= 11 is 1.28. The predicted octanol–water partition coefficient (Wildman–Crippen LogP) is 2.65. The number of rotatable bonds is 2. The van der Waals surface area contributed by atoms with Gasteiger partial charge in [0.2, 0.25) is 0 Å². The summed E-state index contributed by atoms with van der Waals surface area (Å²) in [7, 11) is 0. The number of amides is 2. The summed E-state index contributed by atoms with van der Waals surface area (Å²) in [5, 5.41) is 7.27. The second-order valence-corrected chi connectivity index (χ2v) is 5.44. The molecule has 1 aromatic heterocycles. The number of thiazole rings is 1. The van der Waals surface area contributed by atoms with Crippen LogP contribution in [0.2, 0.25) is 0 Å². The summed E-state index contributed by atoms with van der Waals surface area (Å²) in [6.45, 7) is 5.68. The van der Waals surface area contributed by atoms with Gasteiger partial charge in [-0.25, -0.2) is 4.98 Å². The van der Waals surface area contributed by atoms with Gasteiger partial charge in [-0.1, -0.05) is 6.07 Å². The van der Waals surface area contributed by atoms with E-state index in [1.807, 2.05) is 39.0 Å². The van der Waals surface area contributed by atoms with Gasteiger partial charge in [-0.15, -0.1) is 11.3 Å². The Labute approximate surface area is 121 Å². The Morgan fingerprint density at radius 2 is 1.60 bits per heavy atom. The quantitative estimate of drug-likeness (QED) is 0.835. The third-order valence-corrected chi connectivity index (χ3v) is 3.40. The van der Waals surface area contributed by atoms with E-state index in [4.69, 9.17) is 0 Å². The zero-order chi connectivity index (χ0) is 14.7. The average Bonchev–Trinajstić information content (AvgIpc) is 2.73. The van der Waals surface area contributed by atoms with Crippen molar-refractivity contribution in [1.82, 2.24) is 4.98 Å². The standard InChI is InChI=1S/C14H15N3O2S/c1-8-4-9(2)6-11(5-8)16-12(18)13(19)17-14-15-10(3)7-20-14/h4-7H,1-3H3,(H,16,18)(H,15,17,19). The molecule has 0 bridgehead atoms. The zero-order valence-electron chi connectivity index (χ0n) is 11.5. The monoisotopic (exact) mass is 289 g/mol. The molecule has 5 nitrogen and oxygen atoms in total. The van der Waals surface area contributed by atoms with Crippen LogP contribution in [0.1, 0.15) is 16.8 Å². The van der Waals surface area contributed by atoms with Crippen molar-refractivity contribution >= 4 is 34.0 Å². The van der Waals surface area contributed by atoms with Crippen LogP contribution in [0.25, 0.3) is 0 Å². The molecule has 0 aliphatic heterocycles. The van der Waals surface area contributed by atoms with Gasteiger partial charge >= 0.3 is 11.8 Å². The normalized spacial score (nSPS) is 10.2. The molecule has 2 N–H and O–H groups in total. The van der Waals surface area contributed by atoms with Crippen molar-refractivity contribution < 1.29 is 9.59 Å². The molecular weight excluding hydrogens is 274 g/mol. The Kier molecular flexibility index (Phi) is 4.14. The second-order valence-electron chi connectivity index (χ2n) is 4.58. The smallest absolute Gasteiger partial charge is 0.315 e. The fourth-order valence-corrected chi connectivity index (χ4v) is 2.48. The molecule has 0 radical (unpaired) electrons. The maximum absolute atomic E-state index is 11.8. The Morgan fingerprint density at radius 1 is 1.00 bits per heavy atom. The third-order valence-electron chi connectivity index (χ3n) is 2.53. The minimum Gasteiger partial charge on any atom is -0.318 e. The lowest BCUT2D eigenvalue weighted by Gasteiger charge is -2.07. The molecule has 1 heterocycles. The summed E-state index contributed by atoms with van der Waals surface area (Å²) < 4.78 is 0. The van der Waals surface area contributed by atoms with E-state index in [0.717, 1.165) is 16.8 Å². The zero-order valence-corrected chi connectivity index (χ0v) is 12.3. The van der Waals surface area contributed by atoms with Crippen LogP contribution in [0.3, 0.4) is 0 Å². The van der Waals surface area contributed by atoms with E-state index in [1.165, 1.54) is 11.3 Å². The molecule has 0 atom stereocenters. The van der Waals surface area contributed by atoms with E-state index < -0.39 is 11.8 Å². The highest BCUT2D eigenvalue weighted by Gasteiger charge is 2.15. The van der Waals surface area contributed by atoms with Crippen molar-refractivity contribution in [2.24, 2.45) is 0 Å². The minimum atomic E-state index is -0.724. The lowest BCUT2D eigenvalue weighted by atomic mass is 10.1. The van der Waals surface area contributed by atoms with Crippen LogP contribution in [0, 0.1) is 20.8 Å². The number of benzene rings is 1. The number of carbonyl (C=O) groups is 2. The van der Waals surface area contributed by atoms with Crippen LogP contribution < -0.4 is 10.6 Å². The Morgan fingerprint density at radius 3 is 2.15 bits per heavy atom. The van der Waals surface area contributed by atoms with Crippen molar-refractivity contribution in [1.29, 1.82) is 0 Å². The van der Waals surface area contributed by atoms with Gasteiger partial charge in [-0.05, 0) is 44.0 Å². The molecule has 1 aromatic carbocycles. The molecule has 2 rings (SSSR count). The maximum atomic E-state index is 11.8. The summed E-state index contributed by atoms with van der Waals surface area (Å²) in [4.78, 5) is 27.6. The SMILES string of the molecule is Cc1cc(C)cc(NC(=O)C(=O)Nc2nc(C)cs2)c1.